The molecule has 2 rings (SSSR count). The quantitative estimate of drug-likeness (QED) is 0.767. The zero-order valence-corrected chi connectivity index (χ0v) is 12.4. The third-order valence-electron chi connectivity index (χ3n) is 2.89. The molecule has 0 spiro atoms. The number of nitrogens with zero attached hydrogens (tertiary/aromatic N) is 1. The first-order valence-electron chi connectivity index (χ1n) is 6.95. The number of aromatic nitrogens is 1. The summed E-state index contributed by atoms with van der Waals surface area (Å²) in [5.41, 5.74) is 0.951. The molecule has 0 radical (unpaired) electrons. The molecule has 0 saturated carbocycles. The first kappa shape index (κ1) is 15.6. The Morgan fingerprint density at radius 3 is 2.59 bits per heavy atom. The van der Waals surface area contributed by atoms with Crippen molar-refractivity contribution in [1.82, 2.24) is 15.6 Å². The summed E-state index contributed by atoms with van der Waals surface area (Å²) in [6.07, 6.45) is 3.41. The second kappa shape index (κ2) is 8.51. The summed E-state index contributed by atoms with van der Waals surface area (Å²) in [7, 11) is 1.61. The number of benzene rings is 1. The van der Waals surface area contributed by atoms with Crippen LogP contribution >= 0.6 is 0 Å². The van der Waals surface area contributed by atoms with Gasteiger partial charge < -0.3 is 20.1 Å². The fourth-order valence-corrected chi connectivity index (χ4v) is 1.75. The molecule has 0 aliphatic rings. The number of carbonyl (C=O) groups excluding carboxylic acids is 1. The summed E-state index contributed by atoms with van der Waals surface area (Å²) >= 11 is 0. The van der Waals surface area contributed by atoms with E-state index in [-0.39, 0.29) is 6.03 Å². The zero-order chi connectivity index (χ0) is 15.6. The van der Waals surface area contributed by atoms with Crippen LogP contribution < -0.4 is 20.1 Å². The van der Waals surface area contributed by atoms with Gasteiger partial charge in [0.2, 0.25) is 0 Å². The van der Waals surface area contributed by atoms with Gasteiger partial charge in [0.05, 0.1) is 13.7 Å². The third kappa shape index (κ3) is 5.32. The number of rotatable bonds is 7. The molecule has 0 aliphatic carbocycles. The molecule has 0 saturated heterocycles. The largest absolute Gasteiger partial charge is 0.497 e. The van der Waals surface area contributed by atoms with E-state index in [4.69, 9.17) is 9.47 Å². The van der Waals surface area contributed by atoms with Gasteiger partial charge >= 0.3 is 6.03 Å². The van der Waals surface area contributed by atoms with Gasteiger partial charge in [0, 0.05) is 18.9 Å². The molecule has 0 aliphatic heterocycles. The van der Waals surface area contributed by atoms with Crippen LogP contribution in [0.2, 0.25) is 0 Å². The lowest BCUT2D eigenvalue weighted by molar-refractivity contribution is 0.236. The summed E-state index contributed by atoms with van der Waals surface area (Å²) in [5, 5.41) is 5.48. The molecule has 0 unspecified atom stereocenters. The van der Waals surface area contributed by atoms with E-state index < -0.39 is 0 Å². The standard InChI is InChI=1S/C16H19N3O3/c1-21-14-4-6-15(7-5-14)22-10-9-18-16(20)19-12-13-3-2-8-17-11-13/h2-8,11H,9-10,12H2,1H3,(H2,18,19,20). The summed E-state index contributed by atoms with van der Waals surface area (Å²) in [6.45, 7) is 1.26. The van der Waals surface area contributed by atoms with E-state index >= 15 is 0 Å². The molecule has 2 amide bonds. The van der Waals surface area contributed by atoms with Crippen LogP contribution in [0.25, 0.3) is 0 Å². The van der Waals surface area contributed by atoms with Crippen molar-refractivity contribution in [1.29, 1.82) is 0 Å². The van der Waals surface area contributed by atoms with Crippen molar-refractivity contribution in [2.75, 3.05) is 20.3 Å². The van der Waals surface area contributed by atoms with Crippen LogP contribution in [0.5, 0.6) is 11.5 Å². The van der Waals surface area contributed by atoms with E-state index in [1.807, 2.05) is 36.4 Å². The van der Waals surface area contributed by atoms with Crippen LogP contribution in [0.1, 0.15) is 5.56 Å². The minimum absolute atomic E-state index is 0.234. The van der Waals surface area contributed by atoms with Crippen LogP contribution in [0.3, 0.4) is 0 Å². The molecule has 0 atom stereocenters. The number of ether oxygens (including phenoxy) is 2. The van der Waals surface area contributed by atoms with Gasteiger partial charge in [-0.15, -0.1) is 0 Å². The van der Waals surface area contributed by atoms with E-state index in [0.29, 0.717) is 19.7 Å². The number of methoxy groups -OCH3 is 1. The smallest absolute Gasteiger partial charge is 0.315 e. The maximum atomic E-state index is 11.6. The van der Waals surface area contributed by atoms with Gasteiger partial charge in [0.25, 0.3) is 0 Å². The number of pyridine rings is 1. The number of carbonyl (C=O) groups is 1. The second-order valence-corrected chi connectivity index (χ2v) is 4.49. The number of urea groups is 1. The highest BCUT2D eigenvalue weighted by Crippen LogP contribution is 2.16. The van der Waals surface area contributed by atoms with Gasteiger partial charge in [-0.1, -0.05) is 6.07 Å². The molecular weight excluding hydrogens is 282 g/mol. The molecule has 2 N–H and O–H groups in total. The first-order valence-corrected chi connectivity index (χ1v) is 6.95. The van der Waals surface area contributed by atoms with Crippen molar-refractivity contribution in [2.24, 2.45) is 0 Å². The maximum Gasteiger partial charge on any atom is 0.315 e. The van der Waals surface area contributed by atoms with Crippen molar-refractivity contribution < 1.29 is 14.3 Å². The van der Waals surface area contributed by atoms with Gasteiger partial charge in [-0.3, -0.25) is 4.98 Å². The Kier molecular flexibility index (Phi) is 6.04. The average molecular weight is 301 g/mol. The number of hydrogen-bond acceptors (Lipinski definition) is 4. The predicted molar refractivity (Wildman–Crippen MR) is 83.0 cm³/mol. The van der Waals surface area contributed by atoms with Crippen molar-refractivity contribution >= 4 is 6.03 Å². The zero-order valence-electron chi connectivity index (χ0n) is 12.4. The lowest BCUT2D eigenvalue weighted by Crippen LogP contribution is -2.37. The van der Waals surface area contributed by atoms with E-state index in [0.717, 1.165) is 17.1 Å². The van der Waals surface area contributed by atoms with Crippen LogP contribution in [0.4, 0.5) is 4.79 Å². The van der Waals surface area contributed by atoms with Gasteiger partial charge in [-0.2, -0.15) is 0 Å². The molecule has 1 aromatic carbocycles. The van der Waals surface area contributed by atoms with Crippen molar-refractivity contribution in [3.05, 3.63) is 54.4 Å². The van der Waals surface area contributed by atoms with E-state index in [1.54, 1.807) is 19.5 Å². The average Bonchev–Trinajstić information content (AvgIpc) is 2.58. The molecule has 6 nitrogen and oxygen atoms in total. The Labute approximate surface area is 129 Å². The van der Waals surface area contributed by atoms with Gasteiger partial charge in [0.1, 0.15) is 18.1 Å². The Hall–Kier alpha value is -2.76. The SMILES string of the molecule is COc1ccc(OCCNC(=O)NCc2cccnc2)cc1. The van der Waals surface area contributed by atoms with Gasteiger partial charge in [-0.25, -0.2) is 4.79 Å². The molecule has 1 aromatic heterocycles. The highest BCUT2D eigenvalue weighted by atomic mass is 16.5. The fourth-order valence-electron chi connectivity index (χ4n) is 1.75. The van der Waals surface area contributed by atoms with Crippen molar-refractivity contribution in [2.45, 2.75) is 6.54 Å². The van der Waals surface area contributed by atoms with Crippen LogP contribution in [-0.4, -0.2) is 31.3 Å². The normalized spacial score (nSPS) is 9.86. The molecule has 1 heterocycles. The van der Waals surface area contributed by atoms with E-state index in [2.05, 4.69) is 15.6 Å². The lowest BCUT2D eigenvalue weighted by atomic mass is 10.3. The lowest BCUT2D eigenvalue weighted by Gasteiger charge is -2.09. The van der Waals surface area contributed by atoms with Crippen molar-refractivity contribution in [3.8, 4) is 11.5 Å². The Morgan fingerprint density at radius 1 is 1.14 bits per heavy atom. The molecule has 2 aromatic rings. The van der Waals surface area contributed by atoms with Crippen LogP contribution in [0, 0.1) is 0 Å². The molecular formula is C16H19N3O3. The van der Waals surface area contributed by atoms with Gasteiger partial charge in [0.15, 0.2) is 0 Å². The Morgan fingerprint density at radius 2 is 1.91 bits per heavy atom. The summed E-state index contributed by atoms with van der Waals surface area (Å²) in [5.74, 6) is 1.51. The Balaban J connectivity index is 1.60. The number of amides is 2. The molecule has 116 valence electrons. The predicted octanol–water partition coefficient (Wildman–Crippen LogP) is 1.97. The molecule has 0 fully saturated rings. The fraction of sp³-hybridized carbons (Fsp3) is 0.250. The maximum absolute atomic E-state index is 11.6. The molecule has 6 heteroatoms. The summed E-state index contributed by atoms with van der Waals surface area (Å²) in [6, 6.07) is 10.8. The minimum Gasteiger partial charge on any atom is -0.497 e. The topological polar surface area (TPSA) is 72.5 Å². The van der Waals surface area contributed by atoms with E-state index in [1.165, 1.54) is 0 Å². The van der Waals surface area contributed by atoms with Gasteiger partial charge in [-0.05, 0) is 35.9 Å². The highest BCUT2D eigenvalue weighted by Gasteiger charge is 2.00. The molecule has 0 bridgehead atoms. The monoisotopic (exact) mass is 301 g/mol. The second-order valence-electron chi connectivity index (χ2n) is 4.49. The number of nitrogens with one attached hydrogen (secondary N) is 2. The van der Waals surface area contributed by atoms with E-state index in [9.17, 15) is 4.79 Å². The highest BCUT2D eigenvalue weighted by molar-refractivity contribution is 5.73. The summed E-state index contributed by atoms with van der Waals surface area (Å²) in [4.78, 5) is 15.6. The van der Waals surface area contributed by atoms with Crippen molar-refractivity contribution in [3.63, 3.8) is 0 Å². The number of hydrogen-bond donors (Lipinski definition) is 2. The first-order chi connectivity index (χ1) is 10.8. The van der Waals surface area contributed by atoms with Crippen LogP contribution in [-0.2, 0) is 6.54 Å². The Bertz CT molecular complexity index is 573. The third-order valence-corrected chi connectivity index (χ3v) is 2.89. The minimum atomic E-state index is -0.234. The summed E-state index contributed by atoms with van der Waals surface area (Å²) < 4.78 is 10.6. The van der Waals surface area contributed by atoms with Crippen LogP contribution in [0.15, 0.2) is 48.8 Å². The molecule has 22 heavy (non-hydrogen) atoms.